The maximum absolute atomic E-state index is 12.4. The summed E-state index contributed by atoms with van der Waals surface area (Å²) in [5, 5.41) is 5.60. The molecule has 1 atom stereocenters. The second-order valence-electron chi connectivity index (χ2n) is 11.0. The highest BCUT2D eigenvalue weighted by atomic mass is 28.3. The Morgan fingerprint density at radius 2 is 2.03 bits per heavy atom. The van der Waals surface area contributed by atoms with E-state index in [-0.39, 0.29) is 18.0 Å². The largest absolute Gasteiger partial charge is 0.444 e. The Kier molecular flexibility index (Phi) is 8.19. The highest BCUT2D eigenvalue weighted by Gasteiger charge is 2.29. The number of nitrogens with one attached hydrogen (secondary N) is 2. The van der Waals surface area contributed by atoms with Crippen LogP contribution in [0.15, 0.2) is 18.5 Å². The molecule has 34 heavy (non-hydrogen) atoms. The van der Waals surface area contributed by atoms with Crippen LogP contribution in [0, 0.1) is 5.92 Å². The van der Waals surface area contributed by atoms with Crippen molar-refractivity contribution in [3.05, 3.63) is 18.5 Å². The highest BCUT2D eigenvalue weighted by Crippen LogP contribution is 2.19. The fourth-order valence-corrected chi connectivity index (χ4v) is 4.31. The van der Waals surface area contributed by atoms with E-state index in [0.29, 0.717) is 43.3 Å². The van der Waals surface area contributed by atoms with Crippen LogP contribution >= 0.6 is 0 Å². The molecule has 11 heteroatoms. The van der Waals surface area contributed by atoms with Crippen LogP contribution < -0.4 is 10.6 Å². The van der Waals surface area contributed by atoms with Gasteiger partial charge in [-0.3, -0.25) is 5.32 Å². The number of rotatable bonds is 8. The number of nitrogens with zero attached hydrogens (tertiary/aromatic N) is 4. The first kappa shape index (κ1) is 26.0. The third kappa shape index (κ3) is 7.98. The van der Waals surface area contributed by atoms with Gasteiger partial charge in [0.1, 0.15) is 17.8 Å². The number of hydrogen-bond acceptors (Lipinski definition) is 6. The van der Waals surface area contributed by atoms with Gasteiger partial charge in [0.15, 0.2) is 11.5 Å². The van der Waals surface area contributed by atoms with E-state index in [0.717, 1.165) is 19.1 Å². The Bertz CT molecular complexity index is 997. The Morgan fingerprint density at radius 1 is 1.26 bits per heavy atom. The third-order valence-corrected chi connectivity index (χ3v) is 7.12. The average molecular weight is 491 g/mol. The van der Waals surface area contributed by atoms with Crippen molar-refractivity contribution in [3.63, 3.8) is 0 Å². The molecule has 188 valence electrons. The minimum absolute atomic E-state index is 0.182. The van der Waals surface area contributed by atoms with Crippen molar-refractivity contribution in [3.8, 4) is 0 Å². The summed E-state index contributed by atoms with van der Waals surface area (Å²) in [5.74, 6) is 0.561. The predicted octanol–water partition coefficient (Wildman–Crippen LogP) is 4.12. The number of anilines is 1. The summed E-state index contributed by atoms with van der Waals surface area (Å²) in [6, 6.07) is 2.62. The minimum atomic E-state index is -1.12. The summed E-state index contributed by atoms with van der Waals surface area (Å²) in [6.45, 7) is 15.3. The van der Waals surface area contributed by atoms with Crippen molar-refractivity contribution in [2.45, 2.75) is 65.2 Å². The number of carbonyl (C=O) groups excluding carboxylic acids is 2. The van der Waals surface area contributed by atoms with Crippen LogP contribution in [0.1, 0.15) is 27.2 Å². The molecule has 1 aliphatic rings. The van der Waals surface area contributed by atoms with Crippen LogP contribution in [-0.2, 0) is 16.2 Å². The smallest absolute Gasteiger partial charge is 0.410 e. The van der Waals surface area contributed by atoms with Crippen LogP contribution in [0.3, 0.4) is 0 Å². The number of likely N-dealkylation sites (tertiary alicyclic amines) is 1. The van der Waals surface area contributed by atoms with Gasteiger partial charge in [-0.2, -0.15) is 0 Å². The van der Waals surface area contributed by atoms with Crippen molar-refractivity contribution in [1.29, 1.82) is 0 Å². The standard InChI is InChI=1S/C23H38N6O4Si/c1-23(2,3)33-22(31)28-9-7-17(15-28)13-25-21(30)27-19-14-24-20-18(26-19)8-10-29(20)16-32-11-12-34(4,5)6/h8,10,14,17H,7,9,11-13,15-16H2,1-6H3,(H2,25,26,27,30). The van der Waals surface area contributed by atoms with Crippen LogP contribution in [-0.4, -0.2) is 71.5 Å². The lowest BCUT2D eigenvalue weighted by Gasteiger charge is -2.24. The van der Waals surface area contributed by atoms with E-state index in [2.05, 4.69) is 40.2 Å². The molecule has 2 N–H and O–H groups in total. The first-order chi connectivity index (χ1) is 15.9. The predicted molar refractivity (Wildman–Crippen MR) is 135 cm³/mol. The molecular formula is C23H38N6O4Si. The fraction of sp³-hybridized carbons (Fsp3) is 0.652. The van der Waals surface area contributed by atoms with Crippen LogP contribution in [0.5, 0.6) is 0 Å². The number of ether oxygens (including phenoxy) is 2. The summed E-state index contributed by atoms with van der Waals surface area (Å²) >= 11 is 0. The number of urea groups is 1. The minimum Gasteiger partial charge on any atom is -0.444 e. The van der Waals surface area contributed by atoms with E-state index in [1.807, 2.05) is 37.6 Å². The second kappa shape index (κ2) is 10.7. The zero-order valence-corrected chi connectivity index (χ0v) is 22.2. The second-order valence-corrected chi connectivity index (χ2v) is 16.6. The van der Waals surface area contributed by atoms with Gasteiger partial charge in [-0.15, -0.1) is 0 Å². The normalized spacial score (nSPS) is 16.6. The molecule has 0 aliphatic carbocycles. The first-order valence-electron chi connectivity index (χ1n) is 11.8. The van der Waals surface area contributed by atoms with Gasteiger partial charge in [0.05, 0.1) is 6.20 Å². The highest BCUT2D eigenvalue weighted by molar-refractivity contribution is 6.76. The van der Waals surface area contributed by atoms with Gasteiger partial charge in [-0.1, -0.05) is 19.6 Å². The lowest BCUT2D eigenvalue weighted by Crippen LogP contribution is -2.37. The molecule has 1 fully saturated rings. The van der Waals surface area contributed by atoms with Crippen molar-refractivity contribution >= 4 is 37.2 Å². The van der Waals surface area contributed by atoms with Crippen LogP contribution in [0.25, 0.3) is 11.2 Å². The van der Waals surface area contributed by atoms with Gasteiger partial charge >= 0.3 is 12.1 Å². The van der Waals surface area contributed by atoms with Gasteiger partial charge in [0.2, 0.25) is 0 Å². The van der Waals surface area contributed by atoms with Crippen LogP contribution in [0.2, 0.25) is 25.7 Å². The summed E-state index contributed by atoms with van der Waals surface area (Å²) in [6.07, 6.45) is 3.94. The molecule has 3 amide bonds. The Morgan fingerprint density at radius 3 is 2.74 bits per heavy atom. The maximum atomic E-state index is 12.4. The van der Waals surface area contributed by atoms with Gasteiger partial charge in [-0.05, 0) is 45.2 Å². The van der Waals surface area contributed by atoms with Gasteiger partial charge in [0.25, 0.3) is 0 Å². The van der Waals surface area contributed by atoms with E-state index < -0.39 is 13.7 Å². The van der Waals surface area contributed by atoms with Crippen molar-refractivity contribution in [2.24, 2.45) is 5.92 Å². The summed E-state index contributed by atoms with van der Waals surface area (Å²) < 4.78 is 13.1. The van der Waals surface area contributed by atoms with Gasteiger partial charge < -0.3 is 24.3 Å². The topological polar surface area (TPSA) is 111 Å². The van der Waals surface area contributed by atoms with Crippen molar-refractivity contribution in [1.82, 2.24) is 24.8 Å². The lowest BCUT2D eigenvalue weighted by atomic mass is 10.1. The SMILES string of the molecule is CC(C)(C)OC(=O)N1CCC(CNC(=O)Nc2cnc3c(ccn3COCC[Si](C)(C)C)n2)C1. The zero-order chi connectivity index (χ0) is 24.9. The average Bonchev–Trinajstić information content (AvgIpc) is 3.35. The zero-order valence-electron chi connectivity index (χ0n) is 21.2. The molecule has 10 nitrogen and oxygen atoms in total. The number of amides is 3. The molecule has 2 aromatic heterocycles. The quantitative estimate of drug-likeness (QED) is 0.425. The van der Waals surface area contributed by atoms with E-state index in [4.69, 9.17) is 9.47 Å². The van der Waals surface area contributed by atoms with E-state index in [9.17, 15) is 9.59 Å². The Labute approximate surface area is 202 Å². The maximum Gasteiger partial charge on any atom is 0.410 e. The molecule has 0 saturated carbocycles. The third-order valence-electron chi connectivity index (χ3n) is 5.42. The molecular weight excluding hydrogens is 452 g/mol. The molecule has 1 unspecified atom stereocenters. The van der Waals surface area contributed by atoms with Gasteiger partial charge in [0, 0.05) is 40.5 Å². The van der Waals surface area contributed by atoms with E-state index >= 15 is 0 Å². The van der Waals surface area contributed by atoms with Crippen LogP contribution in [0.4, 0.5) is 15.4 Å². The van der Waals surface area contributed by atoms with Crippen molar-refractivity contribution < 1.29 is 19.1 Å². The molecule has 1 aliphatic heterocycles. The molecule has 0 bridgehead atoms. The number of aromatic nitrogens is 3. The number of fused-ring (bicyclic) bond motifs is 1. The fourth-order valence-electron chi connectivity index (χ4n) is 3.56. The first-order valence-corrected chi connectivity index (χ1v) is 15.5. The van der Waals surface area contributed by atoms with E-state index in [1.165, 1.54) is 0 Å². The number of hydrogen-bond donors (Lipinski definition) is 2. The Balaban J connectivity index is 1.44. The van der Waals surface area contributed by atoms with Gasteiger partial charge in [-0.25, -0.2) is 19.6 Å². The molecule has 0 aromatic carbocycles. The molecule has 1 saturated heterocycles. The monoisotopic (exact) mass is 490 g/mol. The molecule has 0 spiro atoms. The summed E-state index contributed by atoms with van der Waals surface area (Å²) in [5.41, 5.74) is 0.888. The van der Waals surface area contributed by atoms with E-state index in [1.54, 1.807) is 11.1 Å². The summed E-state index contributed by atoms with van der Waals surface area (Å²) in [7, 11) is -1.12. The molecule has 3 rings (SSSR count). The number of carbonyl (C=O) groups is 2. The molecule has 3 heterocycles. The molecule has 0 radical (unpaired) electrons. The summed E-state index contributed by atoms with van der Waals surface area (Å²) in [4.78, 5) is 35.2. The Hall–Kier alpha value is -2.66. The van der Waals surface area contributed by atoms with Crippen molar-refractivity contribution in [2.75, 3.05) is 31.6 Å². The molecule has 2 aromatic rings. The lowest BCUT2D eigenvalue weighted by molar-refractivity contribution is 0.0288.